The molecule has 0 unspecified atom stereocenters. The summed E-state index contributed by atoms with van der Waals surface area (Å²) in [7, 11) is 0. The van der Waals surface area contributed by atoms with Gasteiger partial charge in [0.15, 0.2) is 0 Å². The predicted octanol–water partition coefficient (Wildman–Crippen LogP) is 7.82. The molecule has 0 radical (unpaired) electrons. The monoisotopic (exact) mass is 370 g/mol. The van der Waals surface area contributed by atoms with Crippen LogP contribution in [-0.4, -0.2) is 0 Å². The normalized spacial score (nSPS) is 10.9. The van der Waals surface area contributed by atoms with Crippen LogP contribution in [0.1, 0.15) is 61.8 Å². The van der Waals surface area contributed by atoms with Gasteiger partial charge in [-0.15, -0.1) is 0 Å². The molecule has 0 fully saturated rings. The van der Waals surface area contributed by atoms with E-state index in [0.717, 1.165) is 12.8 Å². The number of benzene rings is 3. The van der Waals surface area contributed by atoms with Gasteiger partial charge in [0, 0.05) is 0 Å². The van der Waals surface area contributed by atoms with Crippen molar-refractivity contribution < 1.29 is 0 Å². The molecule has 0 saturated carbocycles. The zero-order valence-electron chi connectivity index (χ0n) is 17.6. The van der Waals surface area contributed by atoms with E-state index in [0.29, 0.717) is 0 Å². The van der Waals surface area contributed by atoms with Crippen LogP contribution in [0.25, 0.3) is 11.1 Å². The second kappa shape index (κ2) is 10.9. The summed E-state index contributed by atoms with van der Waals surface area (Å²) in [5, 5.41) is 0. The summed E-state index contributed by atoms with van der Waals surface area (Å²) in [5.74, 6) is 0. The van der Waals surface area contributed by atoms with Gasteiger partial charge in [0.2, 0.25) is 0 Å². The van der Waals surface area contributed by atoms with E-state index in [4.69, 9.17) is 0 Å². The molecule has 0 atom stereocenters. The van der Waals surface area contributed by atoms with Gasteiger partial charge < -0.3 is 0 Å². The van der Waals surface area contributed by atoms with Crippen molar-refractivity contribution in [3.8, 4) is 11.1 Å². The average Bonchev–Trinajstić information content (AvgIpc) is 2.75. The summed E-state index contributed by atoms with van der Waals surface area (Å²) < 4.78 is 0. The SMILES string of the molecule is CCCCCc1ccc(-c2ccc(CCc3ccc(CCC)cc3)cc2)cc1. The molecule has 0 saturated heterocycles. The first kappa shape index (κ1) is 20.4. The van der Waals surface area contributed by atoms with E-state index >= 15 is 0 Å². The van der Waals surface area contributed by atoms with Crippen molar-refractivity contribution >= 4 is 0 Å². The first-order valence-electron chi connectivity index (χ1n) is 11.0. The lowest BCUT2D eigenvalue weighted by Crippen LogP contribution is -1.92. The first-order valence-corrected chi connectivity index (χ1v) is 11.0. The van der Waals surface area contributed by atoms with E-state index in [9.17, 15) is 0 Å². The summed E-state index contributed by atoms with van der Waals surface area (Å²) in [6.45, 7) is 4.50. The highest BCUT2D eigenvalue weighted by atomic mass is 14.1. The number of aryl methyl sites for hydroxylation is 4. The molecule has 0 spiro atoms. The van der Waals surface area contributed by atoms with Crippen molar-refractivity contribution in [1.82, 2.24) is 0 Å². The zero-order valence-corrected chi connectivity index (χ0v) is 17.6. The summed E-state index contributed by atoms with van der Waals surface area (Å²) in [6.07, 6.45) is 9.72. The summed E-state index contributed by atoms with van der Waals surface area (Å²) >= 11 is 0. The van der Waals surface area contributed by atoms with Crippen LogP contribution in [0.3, 0.4) is 0 Å². The molecule has 0 bridgehead atoms. The Morgan fingerprint density at radius 3 is 1.21 bits per heavy atom. The highest BCUT2D eigenvalue weighted by Crippen LogP contribution is 2.22. The fraction of sp³-hybridized carbons (Fsp3) is 0.357. The van der Waals surface area contributed by atoms with Gasteiger partial charge in [0.05, 0.1) is 0 Å². The fourth-order valence-electron chi connectivity index (χ4n) is 3.76. The maximum absolute atomic E-state index is 2.29. The Kier molecular flexibility index (Phi) is 7.91. The van der Waals surface area contributed by atoms with Crippen LogP contribution < -0.4 is 0 Å². The van der Waals surface area contributed by atoms with Crippen LogP contribution >= 0.6 is 0 Å². The molecule has 0 aliphatic rings. The Morgan fingerprint density at radius 2 is 0.786 bits per heavy atom. The minimum Gasteiger partial charge on any atom is -0.0654 e. The third-order valence-electron chi connectivity index (χ3n) is 5.57. The van der Waals surface area contributed by atoms with Crippen molar-refractivity contribution in [2.75, 3.05) is 0 Å². The molecule has 0 nitrogen and oxygen atoms in total. The number of hydrogen-bond acceptors (Lipinski definition) is 0. The molecule has 3 rings (SSSR count). The van der Waals surface area contributed by atoms with Gasteiger partial charge in [-0.05, 0) is 65.5 Å². The Morgan fingerprint density at radius 1 is 0.393 bits per heavy atom. The number of rotatable bonds is 10. The van der Waals surface area contributed by atoms with E-state index in [1.165, 1.54) is 71.9 Å². The van der Waals surface area contributed by atoms with Gasteiger partial charge in [-0.2, -0.15) is 0 Å². The smallest absolute Gasteiger partial charge is 0.0184 e. The predicted molar refractivity (Wildman–Crippen MR) is 123 cm³/mol. The molecular formula is C28H34. The van der Waals surface area contributed by atoms with Crippen molar-refractivity contribution in [1.29, 1.82) is 0 Å². The summed E-state index contributed by atoms with van der Waals surface area (Å²) in [4.78, 5) is 0. The molecule has 28 heavy (non-hydrogen) atoms. The van der Waals surface area contributed by atoms with Gasteiger partial charge in [-0.3, -0.25) is 0 Å². The van der Waals surface area contributed by atoms with Crippen LogP contribution in [0, 0.1) is 0 Å². The Bertz CT molecular complexity index is 807. The van der Waals surface area contributed by atoms with Crippen LogP contribution in [0.2, 0.25) is 0 Å². The quantitative estimate of drug-likeness (QED) is 0.319. The van der Waals surface area contributed by atoms with Crippen LogP contribution in [-0.2, 0) is 25.7 Å². The summed E-state index contributed by atoms with van der Waals surface area (Å²) in [6, 6.07) is 27.4. The van der Waals surface area contributed by atoms with E-state index in [2.05, 4.69) is 86.6 Å². The number of unbranched alkanes of at least 4 members (excludes halogenated alkanes) is 2. The molecule has 0 N–H and O–H groups in total. The number of hydrogen-bond donors (Lipinski definition) is 0. The van der Waals surface area contributed by atoms with Gasteiger partial charge in [0.25, 0.3) is 0 Å². The lowest BCUT2D eigenvalue weighted by molar-refractivity contribution is 0.717. The van der Waals surface area contributed by atoms with Gasteiger partial charge >= 0.3 is 0 Å². The molecule has 0 aromatic heterocycles. The van der Waals surface area contributed by atoms with Crippen molar-refractivity contribution in [3.05, 3.63) is 95.1 Å². The maximum atomic E-state index is 2.29. The minimum atomic E-state index is 1.10. The van der Waals surface area contributed by atoms with Crippen molar-refractivity contribution in [3.63, 3.8) is 0 Å². The molecular weight excluding hydrogens is 336 g/mol. The molecule has 3 aromatic rings. The van der Waals surface area contributed by atoms with Gasteiger partial charge in [-0.25, -0.2) is 0 Å². The van der Waals surface area contributed by atoms with Crippen molar-refractivity contribution in [2.45, 2.75) is 65.2 Å². The average molecular weight is 371 g/mol. The third kappa shape index (κ3) is 6.09. The van der Waals surface area contributed by atoms with Crippen molar-refractivity contribution in [2.24, 2.45) is 0 Å². The van der Waals surface area contributed by atoms with E-state index in [1.807, 2.05) is 0 Å². The molecule has 0 amide bonds. The second-order valence-corrected chi connectivity index (χ2v) is 7.92. The fourth-order valence-corrected chi connectivity index (χ4v) is 3.76. The van der Waals surface area contributed by atoms with E-state index in [1.54, 1.807) is 0 Å². The summed E-state index contributed by atoms with van der Waals surface area (Å²) in [5.41, 5.74) is 8.39. The standard InChI is InChI=1S/C28H34/c1-3-5-6-8-24-15-19-27(20-16-24)28-21-17-26(18-22-28)14-13-25-11-9-23(7-4-2)10-12-25/h9-12,15-22H,3-8,13-14H2,1-2H3. The highest BCUT2D eigenvalue weighted by Gasteiger charge is 2.01. The molecule has 0 aliphatic carbocycles. The molecule has 0 aliphatic heterocycles. The van der Waals surface area contributed by atoms with E-state index in [-0.39, 0.29) is 0 Å². The van der Waals surface area contributed by atoms with Crippen LogP contribution in [0.15, 0.2) is 72.8 Å². The topological polar surface area (TPSA) is 0 Å². The van der Waals surface area contributed by atoms with E-state index < -0.39 is 0 Å². The Hall–Kier alpha value is -2.34. The van der Waals surface area contributed by atoms with Crippen LogP contribution in [0.4, 0.5) is 0 Å². The first-order chi connectivity index (χ1) is 13.8. The lowest BCUT2D eigenvalue weighted by atomic mass is 9.98. The maximum Gasteiger partial charge on any atom is -0.0184 e. The van der Waals surface area contributed by atoms with Gasteiger partial charge in [-0.1, -0.05) is 106 Å². The molecule has 3 aromatic carbocycles. The zero-order chi connectivity index (χ0) is 19.6. The molecule has 0 heteroatoms. The Balaban J connectivity index is 1.54. The minimum absolute atomic E-state index is 1.10. The molecule has 0 heterocycles. The van der Waals surface area contributed by atoms with Gasteiger partial charge in [0.1, 0.15) is 0 Å². The second-order valence-electron chi connectivity index (χ2n) is 7.92. The largest absolute Gasteiger partial charge is 0.0654 e. The van der Waals surface area contributed by atoms with Crippen LogP contribution in [0.5, 0.6) is 0 Å². The highest BCUT2D eigenvalue weighted by molar-refractivity contribution is 5.64. The lowest BCUT2D eigenvalue weighted by Gasteiger charge is -2.07. The third-order valence-corrected chi connectivity index (χ3v) is 5.57. The molecule has 146 valence electrons. The Labute approximate surface area is 171 Å².